The zero-order valence-electron chi connectivity index (χ0n) is 18.6. The Kier molecular flexibility index (Phi) is 8.76. The van der Waals surface area contributed by atoms with Gasteiger partial charge >= 0.3 is 0 Å². The molecule has 2 aromatic carbocycles. The Bertz CT molecular complexity index is 770. The van der Waals surface area contributed by atoms with Crippen molar-refractivity contribution in [1.82, 2.24) is 9.80 Å². The van der Waals surface area contributed by atoms with Crippen LogP contribution in [-0.4, -0.2) is 41.9 Å². The molecule has 1 fully saturated rings. The van der Waals surface area contributed by atoms with Gasteiger partial charge in [-0.25, -0.2) is 0 Å². The molecular weight excluding hydrogens is 372 g/mol. The third-order valence-corrected chi connectivity index (χ3v) is 5.96. The molecule has 1 aliphatic heterocycles. The highest BCUT2D eigenvalue weighted by Gasteiger charge is 2.27. The molecule has 0 aromatic heterocycles. The Morgan fingerprint density at radius 2 is 1.77 bits per heavy atom. The van der Waals surface area contributed by atoms with Crippen LogP contribution in [-0.2, 0) is 17.9 Å². The average molecular weight is 409 g/mol. The zero-order valence-corrected chi connectivity index (χ0v) is 18.6. The second kappa shape index (κ2) is 11.8. The molecule has 0 unspecified atom stereocenters. The maximum atomic E-state index is 12.8. The number of ether oxygens (including phenoxy) is 1. The van der Waals surface area contributed by atoms with Crippen LogP contribution in [0, 0.1) is 5.92 Å². The van der Waals surface area contributed by atoms with Crippen molar-refractivity contribution in [1.29, 1.82) is 0 Å². The first kappa shape index (κ1) is 22.4. The van der Waals surface area contributed by atoms with Crippen LogP contribution in [0.5, 0.6) is 5.75 Å². The molecule has 30 heavy (non-hydrogen) atoms. The second-order valence-electron chi connectivity index (χ2n) is 8.24. The molecule has 2 aromatic rings. The van der Waals surface area contributed by atoms with E-state index in [2.05, 4.69) is 54.0 Å². The lowest BCUT2D eigenvalue weighted by atomic mass is 9.94. The minimum atomic E-state index is 0.193. The number of hydrogen-bond donors (Lipinski definition) is 0. The molecule has 0 spiro atoms. The zero-order chi connectivity index (χ0) is 21.2. The highest BCUT2D eigenvalue weighted by Crippen LogP contribution is 2.23. The molecule has 162 valence electrons. The summed E-state index contributed by atoms with van der Waals surface area (Å²) in [7, 11) is 0. The van der Waals surface area contributed by atoms with Crippen LogP contribution in [0.25, 0.3) is 0 Å². The van der Waals surface area contributed by atoms with Crippen LogP contribution in [0.2, 0.25) is 0 Å². The molecule has 1 aliphatic rings. The monoisotopic (exact) mass is 408 g/mol. The van der Waals surface area contributed by atoms with Crippen LogP contribution in [0.3, 0.4) is 0 Å². The molecule has 1 saturated heterocycles. The number of unbranched alkanes of at least 4 members (excludes halogenated alkanes) is 1. The van der Waals surface area contributed by atoms with E-state index in [9.17, 15) is 4.79 Å². The summed E-state index contributed by atoms with van der Waals surface area (Å²) in [6.07, 6.45) is 4.16. The van der Waals surface area contributed by atoms with Crippen LogP contribution in [0.1, 0.15) is 50.7 Å². The Hall–Kier alpha value is -2.33. The van der Waals surface area contributed by atoms with Gasteiger partial charge in [0, 0.05) is 25.6 Å². The number of carbonyl (C=O) groups excluding carboxylic acids is 1. The average Bonchev–Trinajstić information content (AvgIpc) is 2.79. The van der Waals surface area contributed by atoms with Gasteiger partial charge in [0.15, 0.2) is 0 Å². The van der Waals surface area contributed by atoms with Gasteiger partial charge in [-0.05, 0) is 62.5 Å². The summed E-state index contributed by atoms with van der Waals surface area (Å²) in [5, 5.41) is 0. The summed E-state index contributed by atoms with van der Waals surface area (Å²) in [5.41, 5.74) is 2.44. The summed E-state index contributed by atoms with van der Waals surface area (Å²) in [6, 6.07) is 18.6. The quantitative estimate of drug-likeness (QED) is 0.547. The fourth-order valence-corrected chi connectivity index (χ4v) is 4.10. The van der Waals surface area contributed by atoms with Gasteiger partial charge in [-0.3, -0.25) is 9.69 Å². The van der Waals surface area contributed by atoms with Gasteiger partial charge in [-0.2, -0.15) is 0 Å². The summed E-state index contributed by atoms with van der Waals surface area (Å²) < 4.78 is 5.97. The maximum Gasteiger partial charge on any atom is 0.225 e. The summed E-state index contributed by atoms with van der Waals surface area (Å²) in [5.74, 6) is 1.47. The molecule has 0 atom stereocenters. The first-order valence-corrected chi connectivity index (χ1v) is 11.5. The predicted octanol–water partition coefficient (Wildman–Crippen LogP) is 5.13. The van der Waals surface area contributed by atoms with Gasteiger partial charge in [0.2, 0.25) is 5.91 Å². The van der Waals surface area contributed by atoms with Gasteiger partial charge in [0.25, 0.3) is 0 Å². The van der Waals surface area contributed by atoms with E-state index < -0.39 is 0 Å². The van der Waals surface area contributed by atoms with Crippen molar-refractivity contribution in [2.24, 2.45) is 5.92 Å². The molecule has 0 aliphatic carbocycles. The van der Waals surface area contributed by atoms with E-state index in [1.165, 1.54) is 11.1 Å². The smallest absolute Gasteiger partial charge is 0.225 e. The molecule has 0 N–H and O–H groups in total. The molecule has 4 heteroatoms. The number of carbonyl (C=O) groups is 1. The van der Waals surface area contributed by atoms with E-state index in [0.29, 0.717) is 12.5 Å². The number of amides is 1. The van der Waals surface area contributed by atoms with E-state index in [4.69, 9.17) is 4.74 Å². The standard InChI is InChI=1S/C26H36N2O2/c1-3-5-16-28(4-2)26(29)24-14-17-27(18-15-24)20-23-12-9-13-25(19-23)30-21-22-10-7-6-8-11-22/h6-13,19,24H,3-5,14-18,20-21H2,1-2H3. The summed E-state index contributed by atoms with van der Waals surface area (Å²) in [4.78, 5) is 17.3. The number of piperidine rings is 1. The Balaban J connectivity index is 1.47. The maximum absolute atomic E-state index is 12.8. The minimum Gasteiger partial charge on any atom is -0.489 e. The third-order valence-electron chi connectivity index (χ3n) is 5.96. The Morgan fingerprint density at radius 1 is 1.03 bits per heavy atom. The largest absolute Gasteiger partial charge is 0.489 e. The molecule has 0 radical (unpaired) electrons. The highest BCUT2D eigenvalue weighted by atomic mass is 16.5. The first-order valence-electron chi connectivity index (χ1n) is 11.5. The molecular formula is C26H36N2O2. The van der Waals surface area contributed by atoms with Gasteiger partial charge in [-0.1, -0.05) is 55.8 Å². The molecule has 0 saturated carbocycles. The SMILES string of the molecule is CCCCN(CC)C(=O)C1CCN(Cc2cccc(OCc3ccccc3)c2)CC1. The van der Waals surface area contributed by atoms with Crippen LogP contribution in [0.4, 0.5) is 0 Å². The number of rotatable bonds is 10. The molecule has 4 nitrogen and oxygen atoms in total. The van der Waals surface area contributed by atoms with Crippen molar-refractivity contribution < 1.29 is 9.53 Å². The predicted molar refractivity (Wildman–Crippen MR) is 122 cm³/mol. The van der Waals surface area contributed by atoms with Gasteiger partial charge in [-0.15, -0.1) is 0 Å². The van der Waals surface area contributed by atoms with E-state index in [1.54, 1.807) is 0 Å². The Labute approximate surface area is 181 Å². The highest BCUT2D eigenvalue weighted by molar-refractivity contribution is 5.78. The van der Waals surface area contributed by atoms with Gasteiger partial charge < -0.3 is 9.64 Å². The number of likely N-dealkylation sites (tertiary alicyclic amines) is 1. The van der Waals surface area contributed by atoms with Crippen LogP contribution >= 0.6 is 0 Å². The summed E-state index contributed by atoms with van der Waals surface area (Å²) >= 11 is 0. The van der Waals surface area contributed by atoms with Gasteiger partial charge in [0.05, 0.1) is 0 Å². The van der Waals surface area contributed by atoms with E-state index in [1.807, 2.05) is 24.3 Å². The van der Waals surface area contributed by atoms with Gasteiger partial charge in [0.1, 0.15) is 12.4 Å². The lowest BCUT2D eigenvalue weighted by Crippen LogP contribution is -2.42. The van der Waals surface area contributed by atoms with E-state index in [0.717, 1.165) is 64.2 Å². The Morgan fingerprint density at radius 3 is 2.47 bits per heavy atom. The van der Waals surface area contributed by atoms with Crippen molar-refractivity contribution >= 4 is 5.91 Å². The fraction of sp³-hybridized carbons (Fsp3) is 0.500. The van der Waals surface area contributed by atoms with Crippen LogP contribution < -0.4 is 4.74 Å². The van der Waals surface area contributed by atoms with E-state index in [-0.39, 0.29) is 5.92 Å². The van der Waals surface area contributed by atoms with Crippen molar-refractivity contribution in [2.45, 2.75) is 52.7 Å². The molecule has 1 heterocycles. The lowest BCUT2D eigenvalue weighted by Gasteiger charge is -2.34. The number of nitrogens with zero attached hydrogens (tertiary/aromatic N) is 2. The van der Waals surface area contributed by atoms with Crippen molar-refractivity contribution in [3.05, 3.63) is 65.7 Å². The normalized spacial score (nSPS) is 15.1. The summed E-state index contributed by atoms with van der Waals surface area (Å²) in [6.45, 7) is 9.47. The molecule has 1 amide bonds. The number of hydrogen-bond acceptors (Lipinski definition) is 3. The topological polar surface area (TPSA) is 32.8 Å². The minimum absolute atomic E-state index is 0.193. The van der Waals surface area contributed by atoms with Crippen molar-refractivity contribution in [3.63, 3.8) is 0 Å². The van der Waals surface area contributed by atoms with Crippen LogP contribution in [0.15, 0.2) is 54.6 Å². The molecule has 0 bridgehead atoms. The fourth-order valence-electron chi connectivity index (χ4n) is 4.10. The van der Waals surface area contributed by atoms with E-state index >= 15 is 0 Å². The molecule has 3 rings (SSSR count). The second-order valence-corrected chi connectivity index (χ2v) is 8.24. The van der Waals surface area contributed by atoms with Crippen molar-refractivity contribution in [3.8, 4) is 5.75 Å². The number of benzene rings is 2. The third kappa shape index (κ3) is 6.60. The lowest BCUT2D eigenvalue weighted by molar-refractivity contribution is -0.137. The van der Waals surface area contributed by atoms with Crippen molar-refractivity contribution in [2.75, 3.05) is 26.2 Å². The first-order chi connectivity index (χ1) is 14.7.